The van der Waals surface area contributed by atoms with Gasteiger partial charge in [0.1, 0.15) is 12.3 Å². The molecule has 0 radical (unpaired) electrons. The van der Waals surface area contributed by atoms with Crippen molar-refractivity contribution in [2.24, 2.45) is 0 Å². The van der Waals surface area contributed by atoms with Crippen LogP contribution in [-0.2, 0) is 4.79 Å². The number of carbonyl (C=O) groups excluding carboxylic acids is 2. The van der Waals surface area contributed by atoms with Gasteiger partial charge in [-0.05, 0) is 12.1 Å². The van der Waals surface area contributed by atoms with Crippen molar-refractivity contribution in [3.05, 3.63) is 29.6 Å². The number of hydrogen-bond donors (Lipinski definition) is 2. The van der Waals surface area contributed by atoms with Crippen LogP contribution in [0.3, 0.4) is 0 Å². The average molecular weight is 273 g/mol. The first kappa shape index (κ1) is 14.0. The van der Waals surface area contributed by atoms with Gasteiger partial charge in [0.25, 0.3) is 5.91 Å². The lowest BCUT2D eigenvalue weighted by Crippen LogP contribution is -2.35. The van der Waals surface area contributed by atoms with Crippen LogP contribution < -0.4 is 5.32 Å². The fourth-order valence-electron chi connectivity index (χ4n) is 1.93. The second kappa shape index (κ2) is 6.68. The van der Waals surface area contributed by atoms with E-state index in [0.29, 0.717) is 25.2 Å². The van der Waals surface area contributed by atoms with Gasteiger partial charge in [-0.15, -0.1) is 0 Å². The van der Waals surface area contributed by atoms with Crippen LogP contribution in [-0.4, -0.2) is 53.0 Å². The van der Waals surface area contributed by atoms with Gasteiger partial charge in [0.05, 0.1) is 5.56 Å². The summed E-state index contributed by atoms with van der Waals surface area (Å²) in [6.07, 6.45) is 1.81. The maximum absolute atomic E-state index is 12.4. The lowest BCUT2D eigenvalue weighted by Gasteiger charge is -2.19. The zero-order chi connectivity index (χ0) is 14.4. The molecule has 0 spiro atoms. The molecule has 0 bridgehead atoms. The first-order chi connectivity index (χ1) is 9.72. The number of aliphatic hydroxyl groups excluding tert-OH is 1. The Morgan fingerprint density at radius 1 is 1.50 bits per heavy atom. The van der Waals surface area contributed by atoms with Gasteiger partial charge in [0, 0.05) is 32.3 Å². The summed E-state index contributed by atoms with van der Waals surface area (Å²) in [5, 5.41) is 11.5. The highest BCUT2D eigenvalue weighted by atomic mass is 16.2. The van der Waals surface area contributed by atoms with Crippen molar-refractivity contribution in [2.75, 3.05) is 26.2 Å². The average Bonchev–Trinajstić information content (AvgIpc) is 2.69. The summed E-state index contributed by atoms with van der Waals surface area (Å²) in [7, 11) is 0. The molecule has 1 saturated heterocycles. The van der Waals surface area contributed by atoms with E-state index in [1.807, 2.05) is 0 Å². The summed E-state index contributed by atoms with van der Waals surface area (Å²) in [4.78, 5) is 29.4. The third-order valence-electron chi connectivity index (χ3n) is 2.91. The van der Waals surface area contributed by atoms with Crippen LogP contribution in [0.1, 0.15) is 22.5 Å². The van der Waals surface area contributed by atoms with Crippen molar-refractivity contribution in [1.29, 1.82) is 0 Å². The Morgan fingerprint density at radius 3 is 3.15 bits per heavy atom. The van der Waals surface area contributed by atoms with Gasteiger partial charge in [-0.25, -0.2) is 4.98 Å². The molecule has 0 unspecified atom stereocenters. The number of aliphatic hydroxyl groups is 1. The van der Waals surface area contributed by atoms with Crippen molar-refractivity contribution in [2.45, 2.75) is 6.42 Å². The van der Waals surface area contributed by atoms with Crippen LogP contribution in [0, 0.1) is 11.8 Å². The summed E-state index contributed by atoms with van der Waals surface area (Å²) < 4.78 is 0. The Kier molecular flexibility index (Phi) is 4.69. The number of carbonyl (C=O) groups is 2. The molecule has 0 aliphatic carbocycles. The van der Waals surface area contributed by atoms with Crippen molar-refractivity contribution in [1.82, 2.24) is 15.2 Å². The third-order valence-corrected chi connectivity index (χ3v) is 2.91. The van der Waals surface area contributed by atoms with Crippen molar-refractivity contribution in [3.63, 3.8) is 0 Å². The van der Waals surface area contributed by atoms with Gasteiger partial charge in [-0.3, -0.25) is 9.59 Å². The molecule has 2 N–H and O–H groups in total. The van der Waals surface area contributed by atoms with Gasteiger partial charge < -0.3 is 15.3 Å². The predicted molar refractivity (Wildman–Crippen MR) is 71.7 cm³/mol. The molecular weight excluding hydrogens is 258 g/mol. The van der Waals surface area contributed by atoms with Crippen LogP contribution >= 0.6 is 0 Å². The van der Waals surface area contributed by atoms with Crippen molar-refractivity contribution < 1.29 is 14.7 Å². The zero-order valence-electron chi connectivity index (χ0n) is 10.9. The Morgan fingerprint density at radius 2 is 2.35 bits per heavy atom. The number of nitrogens with one attached hydrogen (secondary N) is 1. The second-order valence-electron chi connectivity index (χ2n) is 4.25. The van der Waals surface area contributed by atoms with E-state index in [2.05, 4.69) is 22.1 Å². The smallest absolute Gasteiger partial charge is 0.273 e. The Labute approximate surface area is 116 Å². The number of pyridine rings is 1. The van der Waals surface area contributed by atoms with Crippen molar-refractivity contribution >= 4 is 11.8 Å². The first-order valence-corrected chi connectivity index (χ1v) is 6.33. The summed E-state index contributed by atoms with van der Waals surface area (Å²) in [6.45, 7) is 0.988. The number of aromatic nitrogens is 1. The number of hydrogen-bond acceptors (Lipinski definition) is 4. The molecule has 20 heavy (non-hydrogen) atoms. The maximum atomic E-state index is 12.4. The van der Waals surface area contributed by atoms with E-state index in [-0.39, 0.29) is 30.5 Å². The molecule has 0 saturated carbocycles. The monoisotopic (exact) mass is 273 g/mol. The quantitative estimate of drug-likeness (QED) is 0.669. The SMILES string of the molecule is O=C1CCN(C(=O)c2ncccc2C#CCO)CCN1. The molecule has 1 fully saturated rings. The lowest BCUT2D eigenvalue weighted by molar-refractivity contribution is -0.120. The fourth-order valence-corrected chi connectivity index (χ4v) is 1.93. The highest BCUT2D eigenvalue weighted by Gasteiger charge is 2.22. The Hall–Kier alpha value is -2.39. The third kappa shape index (κ3) is 3.33. The molecule has 1 aliphatic heterocycles. The van der Waals surface area contributed by atoms with E-state index in [4.69, 9.17) is 5.11 Å². The Balaban J connectivity index is 2.22. The topological polar surface area (TPSA) is 82.5 Å². The van der Waals surface area contributed by atoms with E-state index < -0.39 is 0 Å². The zero-order valence-corrected chi connectivity index (χ0v) is 10.9. The minimum Gasteiger partial charge on any atom is -0.384 e. The van der Waals surface area contributed by atoms with Gasteiger partial charge in [0.2, 0.25) is 5.91 Å². The highest BCUT2D eigenvalue weighted by Crippen LogP contribution is 2.09. The molecule has 1 aliphatic rings. The van der Waals surface area contributed by atoms with Crippen LogP contribution in [0.25, 0.3) is 0 Å². The highest BCUT2D eigenvalue weighted by molar-refractivity contribution is 5.95. The summed E-state index contributed by atoms with van der Waals surface area (Å²) >= 11 is 0. The van der Waals surface area contributed by atoms with Gasteiger partial charge in [-0.1, -0.05) is 11.8 Å². The van der Waals surface area contributed by atoms with E-state index in [9.17, 15) is 9.59 Å². The molecule has 2 heterocycles. The number of nitrogens with zero attached hydrogens (tertiary/aromatic N) is 2. The molecule has 6 heteroatoms. The predicted octanol–water partition coefficient (Wildman–Crippen LogP) is -0.613. The summed E-state index contributed by atoms with van der Waals surface area (Å²) in [5.74, 6) is 4.93. The van der Waals surface area contributed by atoms with Gasteiger partial charge >= 0.3 is 0 Å². The van der Waals surface area contributed by atoms with Crippen LogP contribution in [0.5, 0.6) is 0 Å². The molecule has 0 aromatic carbocycles. The second-order valence-corrected chi connectivity index (χ2v) is 4.25. The molecule has 1 aromatic heterocycles. The lowest BCUT2D eigenvalue weighted by atomic mass is 10.1. The normalized spacial score (nSPS) is 14.8. The maximum Gasteiger partial charge on any atom is 0.273 e. The molecular formula is C14H15N3O3. The van der Waals surface area contributed by atoms with Crippen LogP contribution in [0.2, 0.25) is 0 Å². The molecule has 2 rings (SSSR count). The molecule has 6 nitrogen and oxygen atoms in total. The van der Waals surface area contributed by atoms with E-state index in [0.717, 1.165) is 0 Å². The first-order valence-electron chi connectivity index (χ1n) is 6.33. The minimum absolute atomic E-state index is 0.0541. The Bertz CT molecular complexity index is 575. The van der Waals surface area contributed by atoms with Crippen molar-refractivity contribution in [3.8, 4) is 11.8 Å². The molecule has 1 aromatic rings. The number of rotatable bonds is 1. The number of amides is 2. The van der Waals surface area contributed by atoms with Gasteiger partial charge in [-0.2, -0.15) is 0 Å². The fraction of sp³-hybridized carbons (Fsp3) is 0.357. The molecule has 104 valence electrons. The summed E-state index contributed by atoms with van der Waals surface area (Å²) in [6, 6.07) is 3.37. The van der Waals surface area contributed by atoms with E-state index in [1.165, 1.54) is 6.20 Å². The standard InChI is InChI=1S/C14H15N3O3/c18-10-2-4-11-3-1-6-16-13(11)14(20)17-8-5-12(19)15-7-9-17/h1,3,6,18H,5,7-10H2,(H,15,19). The summed E-state index contributed by atoms with van der Waals surface area (Å²) in [5.41, 5.74) is 0.734. The van der Waals surface area contributed by atoms with Gasteiger partial charge in [0.15, 0.2) is 0 Å². The van der Waals surface area contributed by atoms with E-state index >= 15 is 0 Å². The largest absolute Gasteiger partial charge is 0.384 e. The minimum atomic E-state index is -0.273. The van der Waals surface area contributed by atoms with Crippen LogP contribution in [0.15, 0.2) is 18.3 Å². The van der Waals surface area contributed by atoms with E-state index in [1.54, 1.807) is 17.0 Å². The van der Waals surface area contributed by atoms with Crippen LogP contribution in [0.4, 0.5) is 0 Å². The molecule has 0 atom stereocenters. The molecule has 2 amide bonds.